The molecule has 4 aromatic carbocycles. The maximum Gasteiger partial charge on any atom is 0.184 e. The Morgan fingerprint density at radius 3 is 1.56 bits per heavy atom. The summed E-state index contributed by atoms with van der Waals surface area (Å²) in [5.41, 5.74) is 2.58. The highest BCUT2D eigenvalue weighted by atomic mass is 79.9. The van der Waals surface area contributed by atoms with Crippen molar-refractivity contribution >= 4 is 30.0 Å². The van der Waals surface area contributed by atoms with E-state index in [1.54, 1.807) is 15.9 Å². The van der Waals surface area contributed by atoms with Gasteiger partial charge in [-0.15, -0.1) is 5.82 Å². The van der Waals surface area contributed by atoms with Crippen molar-refractivity contribution in [1.29, 1.82) is 0 Å². The first-order chi connectivity index (χ1) is 20.4. The van der Waals surface area contributed by atoms with Crippen LogP contribution in [0.25, 0.3) is 0 Å². The molecule has 2 bridgehead atoms. The highest BCUT2D eigenvalue weighted by Crippen LogP contribution is 2.69. The van der Waals surface area contributed by atoms with Crippen molar-refractivity contribution in [3.63, 3.8) is 0 Å². The molecule has 8 rings (SSSR count). The van der Waals surface area contributed by atoms with Gasteiger partial charge in [0.05, 0.1) is 19.3 Å². The van der Waals surface area contributed by atoms with Crippen LogP contribution in [0.4, 0.5) is 0 Å². The predicted octanol–water partition coefficient (Wildman–Crippen LogP) is 4.00. The highest BCUT2D eigenvalue weighted by Gasteiger charge is 2.67. The fourth-order valence-electron chi connectivity index (χ4n) is 10.2. The molecule has 3 aliphatic carbocycles. The molecule has 1 radical (unpaired) electrons. The molecule has 3 saturated carbocycles. The van der Waals surface area contributed by atoms with E-state index in [0.29, 0.717) is 29.9 Å². The summed E-state index contributed by atoms with van der Waals surface area (Å²) < 4.78 is 0. The van der Waals surface area contributed by atoms with E-state index in [1.807, 2.05) is 4.81 Å². The van der Waals surface area contributed by atoms with E-state index < -0.39 is 7.26 Å². The molecule has 1 heterocycles. The summed E-state index contributed by atoms with van der Waals surface area (Å²) in [7, 11) is -1.99. The zero-order valence-electron chi connectivity index (χ0n) is 26.4. The van der Waals surface area contributed by atoms with E-state index in [0.717, 1.165) is 23.6 Å². The highest BCUT2D eigenvalue weighted by molar-refractivity contribution is 7.97. The van der Waals surface area contributed by atoms with E-state index in [4.69, 9.17) is 0 Å². The van der Waals surface area contributed by atoms with Crippen LogP contribution in [0.5, 0.6) is 0 Å². The lowest BCUT2D eigenvalue weighted by atomic mass is 9.28. The van der Waals surface area contributed by atoms with E-state index in [2.05, 4.69) is 156 Å². The Morgan fingerprint density at radius 1 is 0.698 bits per heavy atom. The molecule has 1 unspecified atom stereocenters. The minimum atomic E-state index is -1.99. The number of quaternary nitrogens is 1. The third-order valence-corrected chi connectivity index (χ3v) is 17.4. The molecule has 43 heavy (non-hydrogen) atoms. The molecular formula is C39H47BBrNP. The van der Waals surface area contributed by atoms with Gasteiger partial charge in [-0.2, -0.15) is 0 Å². The second-order valence-electron chi connectivity index (χ2n) is 14.3. The molecule has 4 aliphatic rings. The topological polar surface area (TPSA) is 4.44 Å². The number of benzene rings is 4. The van der Waals surface area contributed by atoms with Crippen LogP contribution in [0.3, 0.4) is 0 Å². The van der Waals surface area contributed by atoms with Crippen LogP contribution in [-0.2, 0) is 0 Å². The summed E-state index contributed by atoms with van der Waals surface area (Å²) in [6.07, 6.45) is 2.83. The van der Waals surface area contributed by atoms with Crippen molar-refractivity contribution < 1.29 is 21.8 Å². The maximum atomic E-state index is 2.63. The Labute approximate surface area is 271 Å². The lowest BCUT2D eigenvalue weighted by Crippen LogP contribution is -3.32. The molecule has 4 fully saturated rings. The molecule has 223 valence electrons. The Morgan fingerprint density at radius 2 is 1.14 bits per heavy atom. The molecule has 1 N–H and O–H groups in total. The van der Waals surface area contributed by atoms with Crippen molar-refractivity contribution in [2.75, 3.05) is 0 Å². The summed E-state index contributed by atoms with van der Waals surface area (Å²) in [6.45, 7) is 13.5. The average Bonchev–Trinajstić information content (AvgIpc) is 3.04. The molecule has 8 atom stereocenters. The van der Waals surface area contributed by atoms with Gasteiger partial charge in [0.15, 0.2) is 6.85 Å². The Bertz CT molecular complexity index is 1400. The van der Waals surface area contributed by atoms with Gasteiger partial charge in [0.2, 0.25) is 0 Å². The Balaban J connectivity index is 0.00000329. The average molecular weight is 652 g/mol. The second kappa shape index (κ2) is 12.0. The molecule has 4 aromatic rings. The maximum absolute atomic E-state index is 2.63. The zero-order chi connectivity index (χ0) is 29.1. The third kappa shape index (κ3) is 4.72. The Kier molecular flexibility index (Phi) is 8.57. The summed E-state index contributed by atoms with van der Waals surface area (Å²) >= 11 is 0. The summed E-state index contributed by atoms with van der Waals surface area (Å²) in [5.74, 6) is 3.22. The van der Waals surface area contributed by atoms with Crippen LogP contribution < -0.4 is 37.7 Å². The van der Waals surface area contributed by atoms with Crippen molar-refractivity contribution in [2.24, 2.45) is 23.2 Å². The predicted molar refractivity (Wildman–Crippen MR) is 183 cm³/mol. The van der Waals surface area contributed by atoms with Crippen molar-refractivity contribution in [3.8, 4) is 0 Å². The lowest BCUT2D eigenvalue weighted by Gasteiger charge is -2.71. The van der Waals surface area contributed by atoms with Gasteiger partial charge in [-0.05, 0) is 73.9 Å². The SMILES string of the molecule is C[C@@H]1[C@@H]([B-]2[C@H]([P+](c3ccccc3)(c3ccccc3)c3ccccc3)[C@@H](C)[NH+]2[C@@H](C)c2ccccc2)C[C@H]2C[C@@H]1C2(C)C.[Br-]. The van der Waals surface area contributed by atoms with Gasteiger partial charge in [-0.3, -0.25) is 0 Å². The lowest BCUT2D eigenvalue weighted by molar-refractivity contribution is -0.875. The van der Waals surface area contributed by atoms with Crippen molar-refractivity contribution in [1.82, 2.24) is 0 Å². The van der Waals surface area contributed by atoms with Crippen molar-refractivity contribution in [2.45, 2.75) is 70.9 Å². The fraction of sp³-hybridized carbons (Fsp3) is 0.385. The van der Waals surface area contributed by atoms with Crippen LogP contribution in [0.1, 0.15) is 59.1 Å². The third-order valence-electron chi connectivity index (χ3n) is 12.4. The van der Waals surface area contributed by atoms with Gasteiger partial charge in [-0.25, -0.2) is 0 Å². The summed E-state index contributed by atoms with van der Waals surface area (Å²) in [4.78, 5) is 1.83. The normalized spacial score (nSPS) is 30.3. The van der Waals surface area contributed by atoms with Crippen LogP contribution in [0.15, 0.2) is 121 Å². The second-order valence-corrected chi connectivity index (χ2v) is 17.9. The van der Waals surface area contributed by atoms with Gasteiger partial charge >= 0.3 is 0 Å². The van der Waals surface area contributed by atoms with E-state index in [9.17, 15) is 0 Å². The molecule has 0 amide bonds. The minimum Gasteiger partial charge on any atom is -1.00 e. The van der Waals surface area contributed by atoms with Gasteiger partial charge < -0.3 is 21.8 Å². The zero-order valence-corrected chi connectivity index (χ0v) is 28.9. The van der Waals surface area contributed by atoms with Crippen molar-refractivity contribution in [3.05, 3.63) is 127 Å². The molecule has 0 aromatic heterocycles. The van der Waals surface area contributed by atoms with E-state index in [-0.39, 0.29) is 17.0 Å². The molecule has 1 aliphatic heterocycles. The fourth-order valence-corrected chi connectivity index (χ4v) is 15.8. The number of hydrogen-bond acceptors (Lipinski definition) is 0. The first kappa shape index (κ1) is 30.8. The first-order valence-electron chi connectivity index (χ1n) is 16.3. The van der Waals surface area contributed by atoms with Gasteiger partial charge in [0, 0.05) is 11.1 Å². The Hall–Kier alpha value is -2.19. The van der Waals surface area contributed by atoms with E-state index >= 15 is 0 Å². The smallest absolute Gasteiger partial charge is 0.184 e. The molecule has 4 heteroatoms. The van der Waals surface area contributed by atoms with Crippen LogP contribution in [0.2, 0.25) is 5.82 Å². The van der Waals surface area contributed by atoms with Gasteiger partial charge in [0.1, 0.15) is 15.9 Å². The van der Waals surface area contributed by atoms with Crippen LogP contribution in [0, 0.1) is 23.2 Å². The molecular weight excluding hydrogens is 604 g/mol. The summed E-state index contributed by atoms with van der Waals surface area (Å²) in [5, 5.41) is 4.64. The molecule has 1 nitrogen and oxygen atoms in total. The summed E-state index contributed by atoms with van der Waals surface area (Å²) in [6, 6.07) is 47.5. The number of halogens is 1. The quantitative estimate of drug-likeness (QED) is 0.228. The minimum absolute atomic E-state index is 0. The number of fused-ring (bicyclic) bond motifs is 2. The van der Waals surface area contributed by atoms with E-state index in [1.165, 1.54) is 18.4 Å². The molecule has 0 spiro atoms. The number of nitrogens with one attached hydrogen (secondary N) is 1. The van der Waals surface area contributed by atoms with Gasteiger partial charge in [-0.1, -0.05) is 118 Å². The van der Waals surface area contributed by atoms with Gasteiger partial charge in [0.25, 0.3) is 0 Å². The largest absolute Gasteiger partial charge is 1.00 e. The number of rotatable bonds is 7. The standard InChI is InChI=1S/C39H47BNP.BrH/c1-28-36-26-32(39(36,4)5)27-37(28)40-38(30(3)41(40)29(2)31-18-10-6-11-19-31)42(33-20-12-7-13-21-33,34-22-14-8-15-23-34)35-24-16-9-17-25-35;/h6-25,28-30,32,36-38,41H,26-27H2,1-5H3;1H/q+1;/p-1/t28-,29-,30+,32+,36-,37-,38+;/m0./s1. The monoisotopic (exact) mass is 650 g/mol. The number of hydrogen-bond donors (Lipinski definition) is 1. The molecule has 1 saturated heterocycles. The van der Waals surface area contributed by atoms with Crippen LogP contribution >= 0.6 is 7.26 Å². The first-order valence-corrected chi connectivity index (χ1v) is 18.2. The van der Waals surface area contributed by atoms with Crippen LogP contribution in [-0.4, -0.2) is 18.4 Å².